The molecule has 7 rings (SSSR count). The Hall–Kier alpha value is -5.02. The summed E-state index contributed by atoms with van der Waals surface area (Å²) in [6.45, 7) is 0. The predicted molar refractivity (Wildman–Crippen MR) is 156 cm³/mol. The van der Waals surface area contributed by atoms with Crippen LogP contribution in [0.25, 0.3) is 49.7 Å². The summed E-state index contributed by atoms with van der Waals surface area (Å²) >= 11 is 0. The number of hydrogen-bond acceptors (Lipinski definition) is 2. The van der Waals surface area contributed by atoms with Crippen molar-refractivity contribution >= 4 is 21.8 Å². The van der Waals surface area contributed by atoms with Crippen LogP contribution in [0.4, 0.5) is 0 Å². The maximum atomic E-state index is 4.33. The van der Waals surface area contributed by atoms with Gasteiger partial charge in [-0.05, 0) is 64.1 Å². The fraction of sp³-hybridized carbons (Fsp3) is 0.0286. The first-order valence-corrected chi connectivity index (χ1v) is 12.9. The van der Waals surface area contributed by atoms with Crippen molar-refractivity contribution < 1.29 is 0 Å². The van der Waals surface area contributed by atoms with Crippen molar-refractivity contribution in [3.8, 4) is 27.9 Å². The molecule has 0 amide bonds. The highest BCUT2D eigenvalue weighted by Gasteiger charge is 2.12. The minimum Gasteiger partial charge on any atom is -0.309 e. The molecule has 0 fully saturated rings. The molecule has 0 bridgehead atoms. The molecule has 0 unspecified atom stereocenters. The highest BCUT2D eigenvalue weighted by molar-refractivity contribution is 6.08. The van der Waals surface area contributed by atoms with Gasteiger partial charge in [-0.15, -0.1) is 0 Å². The fourth-order valence-corrected chi connectivity index (χ4v) is 5.29. The van der Waals surface area contributed by atoms with Crippen LogP contribution in [-0.2, 0) is 6.42 Å². The van der Waals surface area contributed by atoms with Crippen LogP contribution < -0.4 is 0 Å². The van der Waals surface area contributed by atoms with Crippen molar-refractivity contribution in [2.45, 2.75) is 6.42 Å². The van der Waals surface area contributed by atoms with Crippen molar-refractivity contribution in [1.82, 2.24) is 14.5 Å². The van der Waals surface area contributed by atoms with E-state index in [-0.39, 0.29) is 0 Å². The molecule has 4 aromatic carbocycles. The van der Waals surface area contributed by atoms with Crippen molar-refractivity contribution in [2.75, 3.05) is 0 Å². The molecule has 0 radical (unpaired) electrons. The highest BCUT2D eigenvalue weighted by atomic mass is 15.0. The van der Waals surface area contributed by atoms with Crippen LogP contribution in [0.5, 0.6) is 0 Å². The fourth-order valence-electron chi connectivity index (χ4n) is 5.29. The van der Waals surface area contributed by atoms with Crippen LogP contribution in [0, 0.1) is 0 Å². The Bertz CT molecular complexity index is 1800. The lowest BCUT2D eigenvalue weighted by molar-refractivity contribution is 1.17. The lowest BCUT2D eigenvalue weighted by Crippen LogP contribution is -1.94. The van der Waals surface area contributed by atoms with E-state index in [9.17, 15) is 0 Å². The summed E-state index contributed by atoms with van der Waals surface area (Å²) < 4.78 is 2.28. The summed E-state index contributed by atoms with van der Waals surface area (Å²) in [6, 6.07) is 41.2. The van der Waals surface area contributed by atoms with E-state index >= 15 is 0 Å². The van der Waals surface area contributed by atoms with E-state index in [0.717, 1.165) is 33.9 Å². The zero-order valence-electron chi connectivity index (χ0n) is 20.8. The van der Waals surface area contributed by atoms with Gasteiger partial charge in [0.2, 0.25) is 0 Å². The molecule has 3 heteroatoms. The van der Waals surface area contributed by atoms with Crippen molar-refractivity contribution in [1.29, 1.82) is 0 Å². The molecule has 0 saturated carbocycles. The SMILES string of the molecule is c1ccc(-c2ccc(Cc3ccc(-c4ccc(-n5c6ccncc6c6cnccc65)cc4)cc3)cc2)cc1. The Labute approximate surface area is 221 Å². The Morgan fingerprint density at radius 2 is 0.895 bits per heavy atom. The van der Waals surface area contributed by atoms with Gasteiger partial charge in [0.15, 0.2) is 0 Å². The van der Waals surface area contributed by atoms with Crippen LogP contribution in [-0.4, -0.2) is 14.5 Å². The summed E-state index contributed by atoms with van der Waals surface area (Å²) in [5, 5.41) is 2.23. The third kappa shape index (κ3) is 4.04. The van der Waals surface area contributed by atoms with Gasteiger partial charge in [-0.25, -0.2) is 0 Å². The van der Waals surface area contributed by atoms with E-state index in [1.54, 1.807) is 0 Å². The number of benzene rings is 4. The molecule has 3 heterocycles. The van der Waals surface area contributed by atoms with Crippen LogP contribution in [0.3, 0.4) is 0 Å². The molecule has 3 nitrogen and oxygen atoms in total. The van der Waals surface area contributed by atoms with Crippen molar-refractivity contribution in [3.63, 3.8) is 0 Å². The summed E-state index contributed by atoms with van der Waals surface area (Å²) in [5.41, 5.74) is 11.0. The van der Waals surface area contributed by atoms with Gasteiger partial charge in [-0.2, -0.15) is 0 Å². The predicted octanol–water partition coefficient (Wildman–Crippen LogP) is 8.50. The van der Waals surface area contributed by atoms with E-state index in [4.69, 9.17) is 0 Å². The number of hydrogen-bond donors (Lipinski definition) is 0. The Balaban J connectivity index is 1.12. The van der Waals surface area contributed by atoms with Crippen molar-refractivity contribution in [2.24, 2.45) is 0 Å². The van der Waals surface area contributed by atoms with E-state index in [1.165, 1.54) is 33.4 Å². The molecular formula is C35H25N3. The average molecular weight is 488 g/mol. The van der Waals surface area contributed by atoms with Gasteiger partial charge in [-0.1, -0.05) is 91.0 Å². The molecule has 0 aliphatic carbocycles. The quantitative estimate of drug-likeness (QED) is 0.244. The van der Waals surface area contributed by atoms with Gasteiger partial charge in [0.25, 0.3) is 0 Å². The van der Waals surface area contributed by atoms with E-state index in [1.807, 2.05) is 24.8 Å². The topological polar surface area (TPSA) is 30.7 Å². The summed E-state index contributed by atoms with van der Waals surface area (Å²) in [6.07, 6.45) is 8.45. The highest BCUT2D eigenvalue weighted by Crippen LogP contribution is 2.31. The largest absolute Gasteiger partial charge is 0.309 e. The molecule has 3 aromatic heterocycles. The van der Waals surface area contributed by atoms with E-state index < -0.39 is 0 Å². The van der Waals surface area contributed by atoms with Gasteiger partial charge in [0, 0.05) is 41.2 Å². The number of rotatable bonds is 5. The third-order valence-corrected chi connectivity index (χ3v) is 7.25. The molecule has 7 aromatic rings. The van der Waals surface area contributed by atoms with Gasteiger partial charge in [-0.3, -0.25) is 9.97 Å². The molecule has 0 saturated heterocycles. The van der Waals surface area contributed by atoms with Gasteiger partial charge >= 0.3 is 0 Å². The minimum atomic E-state index is 0.922. The second-order valence-electron chi connectivity index (χ2n) is 9.60. The monoisotopic (exact) mass is 487 g/mol. The lowest BCUT2D eigenvalue weighted by atomic mass is 9.98. The van der Waals surface area contributed by atoms with Gasteiger partial charge in [0.1, 0.15) is 0 Å². The normalized spacial score (nSPS) is 11.3. The summed E-state index contributed by atoms with van der Waals surface area (Å²) in [4.78, 5) is 8.66. The lowest BCUT2D eigenvalue weighted by Gasteiger charge is -2.10. The van der Waals surface area contributed by atoms with Gasteiger partial charge < -0.3 is 4.57 Å². The van der Waals surface area contributed by atoms with Crippen LogP contribution in [0.2, 0.25) is 0 Å². The Morgan fingerprint density at radius 1 is 0.447 bits per heavy atom. The van der Waals surface area contributed by atoms with E-state index in [0.29, 0.717) is 0 Å². The Morgan fingerprint density at radius 3 is 1.39 bits per heavy atom. The molecule has 0 N–H and O–H groups in total. The van der Waals surface area contributed by atoms with Gasteiger partial charge in [0.05, 0.1) is 11.0 Å². The molecule has 0 atom stereocenters. The zero-order valence-corrected chi connectivity index (χ0v) is 20.8. The number of fused-ring (bicyclic) bond motifs is 3. The molecule has 0 aliphatic heterocycles. The van der Waals surface area contributed by atoms with Crippen molar-refractivity contribution in [3.05, 3.63) is 151 Å². The number of pyridine rings is 2. The molecule has 0 spiro atoms. The maximum Gasteiger partial charge on any atom is 0.0572 e. The Kier molecular flexibility index (Phi) is 5.52. The van der Waals surface area contributed by atoms with Crippen LogP contribution in [0.15, 0.2) is 140 Å². The average Bonchev–Trinajstić information content (AvgIpc) is 3.33. The maximum absolute atomic E-state index is 4.33. The second-order valence-corrected chi connectivity index (χ2v) is 9.60. The molecular weight excluding hydrogens is 462 g/mol. The van der Waals surface area contributed by atoms with E-state index in [2.05, 4.69) is 130 Å². The number of aromatic nitrogens is 3. The summed E-state index contributed by atoms with van der Waals surface area (Å²) in [5.74, 6) is 0. The first-order valence-electron chi connectivity index (χ1n) is 12.9. The second kappa shape index (κ2) is 9.45. The third-order valence-electron chi connectivity index (χ3n) is 7.25. The first kappa shape index (κ1) is 22.2. The smallest absolute Gasteiger partial charge is 0.0572 e. The molecule has 0 aliphatic rings. The summed E-state index contributed by atoms with van der Waals surface area (Å²) in [7, 11) is 0. The minimum absolute atomic E-state index is 0.922. The standard InChI is InChI=1S/C35H25N3/c1-2-4-27(5-3-1)28-10-6-25(7-11-28)22-26-8-12-29(13-9-26)30-14-16-31(17-15-30)38-34-18-20-36-23-32(34)33-24-37-21-19-35(33)38/h1-21,23-24H,22H2. The van der Waals surface area contributed by atoms with Crippen LogP contribution >= 0.6 is 0 Å². The zero-order chi connectivity index (χ0) is 25.3. The molecule has 38 heavy (non-hydrogen) atoms. The molecule has 180 valence electrons. The van der Waals surface area contributed by atoms with Crippen LogP contribution in [0.1, 0.15) is 11.1 Å². The first-order chi connectivity index (χ1) is 18.8. The number of nitrogens with zero attached hydrogens (tertiary/aromatic N) is 3.